The molecular formula is C27H23NOS3. The van der Waals surface area contributed by atoms with Crippen molar-refractivity contribution in [2.45, 2.75) is 35.5 Å². The quantitative estimate of drug-likeness (QED) is 0.268. The summed E-state index contributed by atoms with van der Waals surface area (Å²) >= 11 is 4.49. The molecule has 0 bridgehead atoms. The second-order valence-electron chi connectivity index (χ2n) is 7.59. The highest BCUT2D eigenvalue weighted by Gasteiger charge is 2.21. The van der Waals surface area contributed by atoms with Crippen molar-refractivity contribution in [3.63, 3.8) is 0 Å². The van der Waals surface area contributed by atoms with Gasteiger partial charge in [0, 0.05) is 37.6 Å². The summed E-state index contributed by atoms with van der Waals surface area (Å²) in [6, 6.07) is 24.9. The van der Waals surface area contributed by atoms with Gasteiger partial charge in [0.15, 0.2) is 5.78 Å². The van der Waals surface area contributed by atoms with Crippen molar-refractivity contribution in [2.75, 3.05) is 0 Å². The zero-order chi connectivity index (χ0) is 22.5. The van der Waals surface area contributed by atoms with Crippen LogP contribution in [0.2, 0.25) is 0 Å². The number of hydrogen-bond donors (Lipinski definition) is 0. The Balaban J connectivity index is 1.62. The van der Waals surface area contributed by atoms with E-state index in [0.717, 1.165) is 25.3 Å². The van der Waals surface area contributed by atoms with E-state index >= 15 is 0 Å². The smallest absolute Gasteiger partial charge is 0.193 e. The molecular weight excluding hydrogens is 451 g/mol. The zero-order valence-electron chi connectivity index (χ0n) is 18.2. The molecule has 0 aliphatic heterocycles. The zero-order valence-corrected chi connectivity index (χ0v) is 20.6. The van der Waals surface area contributed by atoms with Gasteiger partial charge in [-0.3, -0.25) is 4.79 Å². The highest BCUT2D eigenvalue weighted by atomic mass is 32.2. The minimum Gasteiger partial charge on any atom is -0.289 e. The number of allylic oxidation sites excluding steroid dienone is 4. The number of carbonyl (C=O) groups is 1. The van der Waals surface area contributed by atoms with Gasteiger partial charge in [-0.2, -0.15) is 0 Å². The Hall–Kier alpha value is -2.47. The lowest BCUT2D eigenvalue weighted by molar-refractivity contribution is -0.110. The predicted molar refractivity (Wildman–Crippen MR) is 140 cm³/mol. The molecule has 0 heterocycles. The lowest BCUT2D eigenvalue weighted by atomic mass is 10.1. The number of carbonyl (C=O) groups excluding carboxylic acids is 1. The van der Waals surface area contributed by atoms with Gasteiger partial charge in [0.1, 0.15) is 0 Å². The van der Waals surface area contributed by atoms with E-state index in [2.05, 4.69) is 81.4 Å². The van der Waals surface area contributed by atoms with Gasteiger partial charge >= 0.3 is 0 Å². The van der Waals surface area contributed by atoms with Crippen LogP contribution in [0.5, 0.6) is 0 Å². The van der Waals surface area contributed by atoms with E-state index in [0.29, 0.717) is 4.91 Å². The fourth-order valence-electron chi connectivity index (χ4n) is 2.93. The highest BCUT2D eigenvalue weighted by molar-refractivity contribution is 8.05. The van der Waals surface area contributed by atoms with Crippen molar-refractivity contribution < 1.29 is 4.79 Å². The molecule has 160 valence electrons. The van der Waals surface area contributed by atoms with Crippen molar-refractivity contribution in [2.24, 2.45) is 4.40 Å². The minimum atomic E-state index is 0.0180. The molecule has 0 unspecified atom stereocenters. The first kappa shape index (κ1) is 22.7. The summed E-state index contributed by atoms with van der Waals surface area (Å²) in [4.78, 5) is 17.7. The monoisotopic (exact) mass is 473 g/mol. The molecule has 0 saturated heterocycles. The Bertz CT molecular complexity index is 1210. The first-order valence-corrected chi connectivity index (χ1v) is 12.7. The predicted octanol–water partition coefficient (Wildman–Crippen LogP) is 8.00. The lowest BCUT2D eigenvalue weighted by Crippen LogP contribution is -2.10. The second kappa shape index (κ2) is 10.4. The van der Waals surface area contributed by atoms with Crippen molar-refractivity contribution in [1.82, 2.24) is 0 Å². The maximum Gasteiger partial charge on any atom is 0.193 e. The van der Waals surface area contributed by atoms with Crippen LogP contribution in [0, 0.1) is 20.8 Å². The number of aryl methyl sites for hydroxylation is 3. The molecule has 5 heteroatoms. The van der Waals surface area contributed by atoms with Gasteiger partial charge in [-0.15, -0.1) is 0 Å². The molecule has 0 atom stereocenters. The van der Waals surface area contributed by atoms with E-state index in [1.165, 1.54) is 40.4 Å². The number of rotatable bonds is 6. The van der Waals surface area contributed by atoms with Gasteiger partial charge in [0.25, 0.3) is 0 Å². The number of benzene rings is 3. The Labute approximate surface area is 202 Å². The van der Waals surface area contributed by atoms with Crippen LogP contribution >= 0.6 is 35.5 Å². The molecule has 2 nitrogen and oxygen atoms in total. The topological polar surface area (TPSA) is 29.4 Å². The molecule has 0 amide bonds. The third-order valence-corrected chi connectivity index (χ3v) is 7.67. The van der Waals surface area contributed by atoms with E-state index in [4.69, 9.17) is 4.40 Å². The average Bonchev–Trinajstić information content (AvgIpc) is 2.79. The SMILES string of the molecule is Cc1ccc(SN=C2C=C(Sc3ccc(C)cc3)C(=O)C=C2Sc2ccc(C)cc2)cc1. The van der Waals surface area contributed by atoms with Crippen LogP contribution in [0.3, 0.4) is 0 Å². The van der Waals surface area contributed by atoms with Crippen LogP contribution in [-0.2, 0) is 4.79 Å². The molecule has 3 aromatic carbocycles. The number of thioether (sulfide) groups is 2. The molecule has 0 radical (unpaired) electrons. The van der Waals surface area contributed by atoms with Gasteiger partial charge in [0.05, 0.1) is 10.6 Å². The van der Waals surface area contributed by atoms with Crippen LogP contribution in [-0.4, -0.2) is 11.5 Å². The van der Waals surface area contributed by atoms with E-state index < -0.39 is 0 Å². The minimum absolute atomic E-state index is 0.0180. The second-order valence-corrected chi connectivity index (χ2v) is 10.7. The molecule has 4 rings (SSSR count). The van der Waals surface area contributed by atoms with E-state index in [1.807, 2.05) is 18.2 Å². The van der Waals surface area contributed by atoms with Crippen LogP contribution in [0.15, 0.2) is 114 Å². The molecule has 0 aromatic heterocycles. The Morgan fingerprint density at radius 2 is 1.00 bits per heavy atom. The Kier molecular flexibility index (Phi) is 7.40. The fourth-order valence-corrected chi connectivity index (χ4v) is 5.36. The fraction of sp³-hybridized carbons (Fsp3) is 0.111. The van der Waals surface area contributed by atoms with Crippen molar-refractivity contribution in [3.05, 3.63) is 111 Å². The molecule has 3 aromatic rings. The third kappa shape index (κ3) is 6.06. The van der Waals surface area contributed by atoms with E-state index in [1.54, 1.807) is 17.8 Å². The van der Waals surface area contributed by atoms with Crippen LogP contribution in [0.1, 0.15) is 16.7 Å². The first-order chi connectivity index (χ1) is 15.5. The molecule has 32 heavy (non-hydrogen) atoms. The Morgan fingerprint density at radius 1 is 0.562 bits per heavy atom. The van der Waals surface area contributed by atoms with Gasteiger partial charge in [-0.05, 0) is 63.2 Å². The first-order valence-electron chi connectivity index (χ1n) is 10.2. The van der Waals surface area contributed by atoms with Gasteiger partial charge in [0.2, 0.25) is 0 Å². The van der Waals surface area contributed by atoms with Gasteiger partial charge in [-0.25, -0.2) is 4.40 Å². The van der Waals surface area contributed by atoms with E-state index in [9.17, 15) is 4.79 Å². The number of ketones is 1. The van der Waals surface area contributed by atoms with Crippen LogP contribution in [0.25, 0.3) is 0 Å². The van der Waals surface area contributed by atoms with Crippen molar-refractivity contribution in [1.29, 1.82) is 0 Å². The molecule has 0 saturated carbocycles. The van der Waals surface area contributed by atoms with Gasteiger partial charge in [-0.1, -0.05) is 76.6 Å². The van der Waals surface area contributed by atoms with E-state index in [-0.39, 0.29) is 5.78 Å². The molecule has 0 fully saturated rings. The largest absolute Gasteiger partial charge is 0.289 e. The third-order valence-electron chi connectivity index (χ3n) is 4.79. The molecule has 0 N–H and O–H groups in total. The maximum atomic E-state index is 12.9. The number of hydrogen-bond acceptors (Lipinski definition) is 5. The summed E-state index contributed by atoms with van der Waals surface area (Å²) in [5, 5.41) is 0. The summed E-state index contributed by atoms with van der Waals surface area (Å²) in [6.07, 6.45) is 3.64. The summed E-state index contributed by atoms with van der Waals surface area (Å²) in [5.41, 5.74) is 4.45. The standard InChI is InChI=1S/C27H23NOS3/c1-18-4-10-21(11-5-18)30-26-17-25(29)27(31-22-12-6-19(2)7-13-22)16-24(26)28-32-23-14-8-20(3)9-15-23/h4-17H,1-3H3. The molecule has 1 aliphatic rings. The maximum absolute atomic E-state index is 12.9. The normalized spacial score (nSPS) is 15.0. The molecule has 1 aliphatic carbocycles. The van der Waals surface area contributed by atoms with Crippen LogP contribution in [0.4, 0.5) is 0 Å². The van der Waals surface area contributed by atoms with Crippen molar-refractivity contribution >= 4 is 47.0 Å². The number of nitrogens with zero attached hydrogens (tertiary/aromatic N) is 1. The summed E-state index contributed by atoms with van der Waals surface area (Å²) in [7, 11) is 0. The lowest BCUT2D eigenvalue weighted by Gasteiger charge is -2.15. The average molecular weight is 474 g/mol. The summed E-state index contributed by atoms with van der Waals surface area (Å²) in [6.45, 7) is 6.20. The van der Waals surface area contributed by atoms with Gasteiger partial charge < -0.3 is 0 Å². The van der Waals surface area contributed by atoms with Crippen LogP contribution < -0.4 is 0 Å². The summed E-state index contributed by atoms with van der Waals surface area (Å²) < 4.78 is 4.82. The summed E-state index contributed by atoms with van der Waals surface area (Å²) in [5.74, 6) is 0.0180. The molecule has 0 spiro atoms. The van der Waals surface area contributed by atoms with Crippen molar-refractivity contribution in [3.8, 4) is 0 Å². The highest BCUT2D eigenvalue weighted by Crippen LogP contribution is 2.37. The Morgan fingerprint density at radius 3 is 1.50 bits per heavy atom.